The fraction of sp³-hybridized carbons (Fsp3) is 0.400. The fourth-order valence-electron chi connectivity index (χ4n) is 3.08. The Bertz CT molecular complexity index is 682. The van der Waals surface area contributed by atoms with Crippen molar-refractivity contribution in [3.05, 3.63) is 59.1 Å². The highest BCUT2D eigenvalue weighted by Crippen LogP contribution is 2.35. The van der Waals surface area contributed by atoms with Gasteiger partial charge in [0, 0.05) is 43.3 Å². The lowest BCUT2D eigenvalue weighted by molar-refractivity contribution is 0.0327. The van der Waals surface area contributed by atoms with Crippen molar-refractivity contribution in [3.8, 4) is 11.5 Å². The summed E-state index contributed by atoms with van der Waals surface area (Å²) >= 11 is 5.93. The van der Waals surface area contributed by atoms with Gasteiger partial charge in [0.2, 0.25) is 0 Å². The number of rotatable bonds is 6. The Morgan fingerprint density at radius 3 is 2.52 bits per heavy atom. The highest BCUT2D eigenvalue weighted by Gasteiger charge is 2.28. The first kappa shape index (κ1) is 18.2. The Hall–Kier alpha value is -1.59. The molecule has 1 heterocycles. The number of nitrogens with zero attached hydrogens (tertiary/aromatic N) is 1. The van der Waals surface area contributed by atoms with Gasteiger partial charge in [-0.05, 0) is 43.7 Å². The quantitative estimate of drug-likeness (QED) is 0.825. The Morgan fingerprint density at radius 1 is 1.12 bits per heavy atom. The second-order valence-corrected chi connectivity index (χ2v) is 7.10. The van der Waals surface area contributed by atoms with Gasteiger partial charge in [-0.2, -0.15) is 0 Å². The predicted molar refractivity (Wildman–Crippen MR) is 101 cm³/mol. The summed E-state index contributed by atoms with van der Waals surface area (Å²) in [6.07, 6.45) is 0.661. The van der Waals surface area contributed by atoms with Crippen LogP contribution in [0.25, 0.3) is 0 Å². The average Bonchev–Trinajstić information content (AvgIpc) is 2.63. The van der Waals surface area contributed by atoms with E-state index in [0.29, 0.717) is 22.9 Å². The van der Waals surface area contributed by atoms with Crippen molar-refractivity contribution in [1.29, 1.82) is 0 Å². The van der Waals surface area contributed by atoms with Crippen LogP contribution >= 0.6 is 11.6 Å². The van der Waals surface area contributed by atoms with E-state index in [9.17, 15) is 5.11 Å². The minimum atomic E-state index is -0.951. The summed E-state index contributed by atoms with van der Waals surface area (Å²) in [6.45, 7) is 6.80. The first-order valence-corrected chi connectivity index (χ1v) is 9.11. The molecule has 0 aliphatic carbocycles. The smallest absolute Gasteiger partial charge is 0.133 e. The van der Waals surface area contributed by atoms with Gasteiger partial charge in [-0.15, -0.1) is 0 Å². The predicted octanol–water partition coefficient (Wildman–Crippen LogP) is 3.64. The molecule has 25 heavy (non-hydrogen) atoms. The summed E-state index contributed by atoms with van der Waals surface area (Å²) in [5, 5.41) is 15.1. The maximum Gasteiger partial charge on any atom is 0.133 e. The van der Waals surface area contributed by atoms with E-state index in [1.165, 1.54) is 0 Å². The molecule has 1 saturated heterocycles. The van der Waals surface area contributed by atoms with E-state index in [1.54, 1.807) is 12.1 Å². The van der Waals surface area contributed by atoms with E-state index in [-0.39, 0.29) is 0 Å². The number of aliphatic hydroxyl groups is 1. The molecule has 0 spiro atoms. The molecular weight excluding hydrogens is 336 g/mol. The SMILES string of the molecule is CC(O)(CCN1CCNCC1)c1ccccc1Oc1ccc(Cl)cc1. The fourth-order valence-corrected chi connectivity index (χ4v) is 3.20. The summed E-state index contributed by atoms with van der Waals surface area (Å²) in [5.41, 5.74) is -0.145. The summed E-state index contributed by atoms with van der Waals surface area (Å²) in [4.78, 5) is 2.38. The molecule has 0 saturated carbocycles. The minimum Gasteiger partial charge on any atom is -0.457 e. The van der Waals surface area contributed by atoms with Crippen molar-refractivity contribution >= 4 is 11.6 Å². The van der Waals surface area contributed by atoms with Gasteiger partial charge in [-0.1, -0.05) is 29.8 Å². The lowest BCUT2D eigenvalue weighted by atomic mass is 9.91. The monoisotopic (exact) mass is 360 g/mol. The van der Waals surface area contributed by atoms with Crippen molar-refractivity contribution in [2.45, 2.75) is 18.9 Å². The molecule has 5 heteroatoms. The summed E-state index contributed by atoms with van der Waals surface area (Å²) < 4.78 is 6.00. The van der Waals surface area contributed by atoms with E-state index in [0.717, 1.165) is 38.3 Å². The molecule has 3 rings (SSSR count). The largest absolute Gasteiger partial charge is 0.457 e. The molecule has 0 radical (unpaired) electrons. The lowest BCUT2D eigenvalue weighted by Crippen LogP contribution is -2.45. The van der Waals surface area contributed by atoms with Crippen LogP contribution in [-0.4, -0.2) is 42.7 Å². The molecule has 2 N–H and O–H groups in total. The van der Waals surface area contributed by atoms with Gasteiger partial charge in [0.1, 0.15) is 11.5 Å². The van der Waals surface area contributed by atoms with Crippen LogP contribution in [-0.2, 0) is 5.60 Å². The first-order chi connectivity index (χ1) is 12.0. The van der Waals surface area contributed by atoms with Gasteiger partial charge in [0.25, 0.3) is 0 Å². The molecule has 1 aliphatic rings. The van der Waals surface area contributed by atoms with Gasteiger partial charge < -0.3 is 20.1 Å². The summed E-state index contributed by atoms with van der Waals surface area (Å²) in [7, 11) is 0. The number of nitrogens with one attached hydrogen (secondary N) is 1. The van der Waals surface area contributed by atoms with E-state index < -0.39 is 5.60 Å². The van der Waals surface area contributed by atoms with Crippen molar-refractivity contribution in [1.82, 2.24) is 10.2 Å². The van der Waals surface area contributed by atoms with E-state index >= 15 is 0 Å². The van der Waals surface area contributed by atoms with Crippen molar-refractivity contribution < 1.29 is 9.84 Å². The zero-order valence-corrected chi connectivity index (χ0v) is 15.3. The Kier molecular flexibility index (Phi) is 5.97. The third-order valence-electron chi connectivity index (χ3n) is 4.63. The highest BCUT2D eigenvalue weighted by atomic mass is 35.5. The van der Waals surface area contributed by atoms with E-state index in [2.05, 4.69) is 10.2 Å². The van der Waals surface area contributed by atoms with Crippen molar-refractivity contribution in [2.75, 3.05) is 32.7 Å². The van der Waals surface area contributed by atoms with Gasteiger partial charge in [0.05, 0.1) is 5.60 Å². The number of benzene rings is 2. The lowest BCUT2D eigenvalue weighted by Gasteiger charge is -2.32. The topological polar surface area (TPSA) is 44.7 Å². The molecule has 0 amide bonds. The van der Waals surface area contributed by atoms with Crippen LogP contribution in [0.5, 0.6) is 11.5 Å². The van der Waals surface area contributed by atoms with Crippen LogP contribution in [0, 0.1) is 0 Å². The maximum atomic E-state index is 11.1. The molecule has 1 atom stereocenters. The third kappa shape index (κ3) is 4.95. The number of hydrogen-bond donors (Lipinski definition) is 2. The van der Waals surface area contributed by atoms with Crippen LogP contribution in [0.3, 0.4) is 0 Å². The molecule has 0 aromatic heterocycles. The second-order valence-electron chi connectivity index (χ2n) is 6.67. The van der Waals surface area contributed by atoms with E-state index in [4.69, 9.17) is 16.3 Å². The van der Waals surface area contributed by atoms with Crippen LogP contribution in [0.2, 0.25) is 5.02 Å². The number of para-hydroxylation sites is 1. The van der Waals surface area contributed by atoms with Crippen LogP contribution in [0.1, 0.15) is 18.9 Å². The number of ether oxygens (including phenoxy) is 1. The Morgan fingerprint density at radius 2 is 1.80 bits per heavy atom. The van der Waals surface area contributed by atoms with Gasteiger partial charge >= 0.3 is 0 Å². The first-order valence-electron chi connectivity index (χ1n) is 8.73. The molecule has 4 nitrogen and oxygen atoms in total. The minimum absolute atomic E-state index is 0.661. The summed E-state index contributed by atoms with van der Waals surface area (Å²) in [5.74, 6) is 1.38. The Balaban J connectivity index is 1.72. The Labute approximate surface area is 154 Å². The van der Waals surface area contributed by atoms with Crippen molar-refractivity contribution in [2.24, 2.45) is 0 Å². The third-order valence-corrected chi connectivity index (χ3v) is 4.89. The molecule has 1 fully saturated rings. The van der Waals surface area contributed by atoms with Crippen LogP contribution < -0.4 is 10.1 Å². The molecule has 1 unspecified atom stereocenters. The zero-order valence-electron chi connectivity index (χ0n) is 14.5. The molecular formula is C20H25ClN2O2. The van der Waals surface area contributed by atoms with E-state index in [1.807, 2.05) is 43.3 Å². The molecule has 134 valence electrons. The number of halogens is 1. The molecule has 2 aromatic rings. The highest BCUT2D eigenvalue weighted by molar-refractivity contribution is 6.30. The molecule has 2 aromatic carbocycles. The molecule has 1 aliphatic heterocycles. The molecule has 0 bridgehead atoms. The number of piperazine rings is 1. The van der Waals surface area contributed by atoms with Gasteiger partial charge in [-0.3, -0.25) is 0 Å². The normalized spacial score (nSPS) is 17.9. The number of hydrogen-bond acceptors (Lipinski definition) is 4. The average molecular weight is 361 g/mol. The maximum absolute atomic E-state index is 11.1. The van der Waals surface area contributed by atoms with Gasteiger partial charge in [0.15, 0.2) is 0 Å². The van der Waals surface area contributed by atoms with Crippen molar-refractivity contribution in [3.63, 3.8) is 0 Å². The second kappa shape index (κ2) is 8.19. The van der Waals surface area contributed by atoms with Crippen LogP contribution in [0.15, 0.2) is 48.5 Å². The zero-order chi connectivity index (χ0) is 17.7. The van der Waals surface area contributed by atoms with Gasteiger partial charge in [-0.25, -0.2) is 0 Å². The van der Waals surface area contributed by atoms with Crippen LogP contribution in [0.4, 0.5) is 0 Å². The summed E-state index contributed by atoms with van der Waals surface area (Å²) in [6, 6.07) is 14.9. The standard InChI is InChI=1S/C20H25ClN2O2/c1-20(24,10-13-23-14-11-22-12-15-23)18-4-2-3-5-19(18)25-17-8-6-16(21)7-9-17/h2-9,22,24H,10-15H2,1H3.